The highest BCUT2D eigenvalue weighted by Crippen LogP contribution is 2.54. The van der Waals surface area contributed by atoms with E-state index in [1.807, 2.05) is 13.8 Å². The van der Waals surface area contributed by atoms with Crippen molar-refractivity contribution in [3.63, 3.8) is 0 Å². The summed E-state index contributed by atoms with van der Waals surface area (Å²) in [6.45, 7) is 15.4. The van der Waals surface area contributed by atoms with E-state index in [4.69, 9.17) is 9.16 Å². The van der Waals surface area contributed by atoms with E-state index in [2.05, 4.69) is 52.1 Å². The number of rotatable bonds is 3. The summed E-state index contributed by atoms with van der Waals surface area (Å²) in [5.74, 6) is 0.455. The molecule has 9 atom stereocenters. The molecule has 0 bridgehead atoms. The molecule has 1 heterocycles. The Balaban J connectivity index is 1.59. The van der Waals surface area contributed by atoms with Crippen molar-refractivity contribution >= 4 is 20.1 Å². The number of ketones is 1. The van der Waals surface area contributed by atoms with E-state index in [1.54, 1.807) is 0 Å². The summed E-state index contributed by atoms with van der Waals surface area (Å²) in [6, 6.07) is 0. The first kappa shape index (κ1) is 27.8. The Hall–Kier alpha value is -1.24. The normalized spacial score (nSPS) is 39.9. The van der Waals surface area contributed by atoms with Gasteiger partial charge in [-0.25, -0.2) is 0 Å². The largest absolute Gasteiger partial charge is 0.462 e. The van der Waals surface area contributed by atoms with E-state index in [0.29, 0.717) is 18.3 Å². The number of carbonyl (C=O) groups excluding carboxylic acids is 2. The first-order chi connectivity index (χ1) is 16.8. The number of fused-ring (bicyclic) bond motifs is 5. The first-order valence-electron chi connectivity index (χ1n) is 14.3. The Morgan fingerprint density at radius 2 is 1.83 bits per heavy atom. The number of carbonyl (C=O) groups is 2. The van der Waals surface area contributed by atoms with Crippen molar-refractivity contribution in [2.24, 2.45) is 35.5 Å². The van der Waals surface area contributed by atoms with Gasteiger partial charge in [0.1, 0.15) is 6.10 Å². The molecule has 1 saturated carbocycles. The molecule has 0 radical (unpaired) electrons. The highest BCUT2D eigenvalue weighted by atomic mass is 28.4. The predicted octanol–water partition coefficient (Wildman–Crippen LogP) is 6.22. The lowest BCUT2D eigenvalue weighted by Crippen LogP contribution is -2.43. The highest BCUT2D eigenvalue weighted by Gasteiger charge is 2.51. The van der Waals surface area contributed by atoms with Crippen molar-refractivity contribution in [2.45, 2.75) is 116 Å². The summed E-state index contributed by atoms with van der Waals surface area (Å²) >= 11 is 0. The molecule has 4 aliphatic rings. The summed E-state index contributed by atoms with van der Waals surface area (Å²) < 4.78 is 12.7. The third-order valence-corrected chi connectivity index (χ3v) is 14.6. The van der Waals surface area contributed by atoms with Gasteiger partial charge >= 0.3 is 5.97 Å². The van der Waals surface area contributed by atoms with Gasteiger partial charge in [-0.15, -0.1) is 0 Å². The topological polar surface area (TPSA) is 72.8 Å². The Labute approximate surface area is 219 Å². The summed E-state index contributed by atoms with van der Waals surface area (Å²) in [5.41, 5.74) is 0.751. The predicted molar refractivity (Wildman–Crippen MR) is 145 cm³/mol. The Morgan fingerprint density at radius 3 is 2.50 bits per heavy atom. The second-order valence-corrected chi connectivity index (χ2v) is 18.2. The van der Waals surface area contributed by atoms with Crippen LogP contribution in [0.5, 0.6) is 0 Å². The summed E-state index contributed by atoms with van der Waals surface area (Å²) in [6.07, 6.45) is 11.4. The van der Waals surface area contributed by atoms with Crippen LogP contribution in [-0.2, 0) is 18.8 Å². The third-order valence-electron chi connectivity index (χ3n) is 10.1. The van der Waals surface area contributed by atoms with Crippen molar-refractivity contribution in [1.82, 2.24) is 0 Å². The number of aliphatic hydroxyl groups excluding tert-OH is 1. The van der Waals surface area contributed by atoms with Gasteiger partial charge in [0.25, 0.3) is 0 Å². The van der Waals surface area contributed by atoms with Crippen LogP contribution in [0.15, 0.2) is 23.8 Å². The quantitative estimate of drug-likeness (QED) is 0.274. The highest BCUT2D eigenvalue weighted by molar-refractivity contribution is 6.74. The molecule has 0 unspecified atom stereocenters. The van der Waals surface area contributed by atoms with Gasteiger partial charge in [-0.2, -0.15) is 0 Å². The standard InChI is InChI=1S/C30H48O5Si/c1-8-20-10-9-11-27(31)18(2)29(33)26-16-24-22(25(26)17-28(32)34-20)13-12-19-14-21(15-23(19)24)35-36(6,7)30(3,4)5/h12-13,16,18-25,27,31H,8-11,14-15,17H2,1-7H3/t18-,19-,20+,21-,22-,23-,24-,25+,27+/m1/s1. The molecule has 1 saturated heterocycles. The van der Waals surface area contributed by atoms with Crippen molar-refractivity contribution < 1.29 is 23.9 Å². The average molecular weight is 517 g/mol. The van der Waals surface area contributed by atoms with Crippen LogP contribution in [0.25, 0.3) is 0 Å². The molecular weight excluding hydrogens is 468 g/mol. The van der Waals surface area contributed by atoms with Crippen LogP contribution in [0.3, 0.4) is 0 Å². The van der Waals surface area contributed by atoms with Crippen molar-refractivity contribution in [2.75, 3.05) is 0 Å². The molecule has 202 valence electrons. The number of hydrogen-bond donors (Lipinski definition) is 1. The van der Waals surface area contributed by atoms with Gasteiger partial charge in [0.05, 0.1) is 12.5 Å². The maximum atomic E-state index is 13.7. The minimum Gasteiger partial charge on any atom is -0.462 e. The second-order valence-electron chi connectivity index (χ2n) is 13.4. The molecule has 0 aromatic carbocycles. The molecule has 1 N–H and O–H groups in total. The number of aliphatic hydroxyl groups is 1. The van der Waals surface area contributed by atoms with Crippen molar-refractivity contribution in [1.29, 1.82) is 0 Å². The van der Waals surface area contributed by atoms with Crippen LogP contribution in [0.4, 0.5) is 0 Å². The van der Waals surface area contributed by atoms with E-state index >= 15 is 0 Å². The SMILES string of the molecule is CC[C@H]1CCC[C@H](O)[C@@H](C)C(=O)C2=C[C@@H]3[C@@H](C=C[C@@H]4C[C@@H](O[Si](C)(C)C(C)(C)C)C[C@@H]34)[C@@H]2CC(=O)O1. The van der Waals surface area contributed by atoms with Crippen molar-refractivity contribution in [3.8, 4) is 0 Å². The lowest BCUT2D eigenvalue weighted by atomic mass is 9.70. The van der Waals surface area contributed by atoms with Gasteiger partial charge in [-0.05, 0) is 85.9 Å². The zero-order chi connectivity index (χ0) is 26.4. The third kappa shape index (κ3) is 5.46. The van der Waals surface area contributed by atoms with E-state index in [1.165, 1.54) is 0 Å². The number of Topliss-reactive ketones (excluding diaryl/α,β-unsaturated/α-hetero) is 1. The fourth-order valence-electron chi connectivity index (χ4n) is 6.78. The fourth-order valence-corrected chi connectivity index (χ4v) is 8.16. The van der Waals surface area contributed by atoms with E-state index in [0.717, 1.165) is 37.7 Å². The van der Waals surface area contributed by atoms with Crippen LogP contribution in [0, 0.1) is 35.5 Å². The molecule has 0 aromatic heterocycles. The Kier molecular flexibility index (Phi) is 8.10. The van der Waals surface area contributed by atoms with Gasteiger partial charge in [-0.3, -0.25) is 9.59 Å². The molecule has 6 heteroatoms. The molecule has 36 heavy (non-hydrogen) atoms. The van der Waals surface area contributed by atoms with E-state index in [9.17, 15) is 14.7 Å². The van der Waals surface area contributed by atoms with Crippen LogP contribution >= 0.6 is 0 Å². The van der Waals surface area contributed by atoms with Crippen molar-refractivity contribution in [3.05, 3.63) is 23.8 Å². The maximum Gasteiger partial charge on any atom is 0.306 e. The van der Waals surface area contributed by atoms with Crippen LogP contribution in [0.1, 0.15) is 79.6 Å². The van der Waals surface area contributed by atoms with Gasteiger partial charge < -0.3 is 14.3 Å². The first-order valence-corrected chi connectivity index (χ1v) is 17.2. The summed E-state index contributed by atoms with van der Waals surface area (Å²) in [5, 5.41) is 11.0. The molecule has 5 nitrogen and oxygen atoms in total. The lowest BCUT2D eigenvalue weighted by molar-refractivity contribution is -0.151. The minimum atomic E-state index is -1.86. The Morgan fingerprint density at radius 1 is 1.11 bits per heavy atom. The van der Waals surface area contributed by atoms with Gasteiger partial charge in [0.15, 0.2) is 14.1 Å². The van der Waals surface area contributed by atoms with E-state index in [-0.39, 0.29) is 53.2 Å². The smallest absolute Gasteiger partial charge is 0.306 e. The Bertz CT molecular complexity index is 900. The minimum absolute atomic E-state index is 0.0133. The number of ether oxygens (including phenoxy) is 1. The van der Waals surface area contributed by atoms with Crippen LogP contribution < -0.4 is 0 Å². The monoisotopic (exact) mass is 516 g/mol. The summed E-state index contributed by atoms with van der Waals surface area (Å²) in [4.78, 5) is 26.7. The number of hydrogen-bond acceptors (Lipinski definition) is 5. The van der Waals surface area contributed by atoms with Gasteiger partial charge in [0.2, 0.25) is 0 Å². The zero-order valence-electron chi connectivity index (χ0n) is 23.5. The van der Waals surface area contributed by atoms with Gasteiger partial charge in [-0.1, -0.05) is 52.8 Å². The maximum absolute atomic E-state index is 13.7. The second kappa shape index (κ2) is 10.5. The number of cyclic esters (lactones) is 1. The lowest BCUT2D eigenvalue weighted by Gasteiger charge is -2.38. The molecule has 0 aromatic rings. The van der Waals surface area contributed by atoms with Crippen LogP contribution in [0.2, 0.25) is 18.1 Å². The molecule has 3 aliphatic carbocycles. The molecule has 0 amide bonds. The van der Waals surface area contributed by atoms with Gasteiger partial charge in [0, 0.05) is 17.9 Å². The zero-order valence-corrected chi connectivity index (χ0v) is 24.5. The molecule has 2 fully saturated rings. The molecule has 4 rings (SSSR count). The fraction of sp³-hybridized carbons (Fsp3) is 0.800. The number of allylic oxidation sites excluding steroid dienone is 4. The molecule has 0 spiro atoms. The number of esters is 1. The molecular formula is C30H48O5Si. The van der Waals surface area contributed by atoms with Crippen LogP contribution in [-0.4, -0.2) is 43.5 Å². The summed E-state index contributed by atoms with van der Waals surface area (Å²) in [7, 11) is -1.86. The average Bonchev–Trinajstić information content (AvgIpc) is 3.36. The molecule has 1 aliphatic heterocycles. The van der Waals surface area contributed by atoms with E-state index < -0.39 is 20.3 Å².